The second-order valence-corrected chi connectivity index (χ2v) is 11.5. The SMILES string of the molecule is CCCC[P+](CC)(CCCC)C(/C(C(C)=O)=C(/C)O)c1ccccc1. The highest BCUT2D eigenvalue weighted by molar-refractivity contribution is 7.76. The van der Waals surface area contributed by atoms with E-state index in [9.17, 15) is 9.90 Å². The predicted molar refractivity (Wildman–Crippen MR) is 112 cm³/mol. The highest BCUT2D eigenvalue weighted by Gasteiger charge is 2.47. The van der Waals surface area contributed by atoms with E-state index in [1.807, 2.05) is 6.07 Å². The summed E-state index contributed by atoms with van der Waals surface area (Å²) < 4.78 is 0. The van der Waals surface area contributed by atoms with E-state index >= 15 is 0 Å². The summed E-state index contributed by atoms with van der Waals surface area (Å²) in [5, 5.41) is 10.4. The van der Waals surface area contributed by atoms with Gasteiger partial charge >= 0.3 is 0 Å². The van der Waals surface area contributed by atoms with Crippen LogP contribution < -0.4 is 0 Å². The third kappa shape index (κ3) is 5.68. The Labute approximate surface area is 155 Å². The molecule has 1 unspecified atom stereocenters. The van der Waals surface area contributed by atoms with Crippen molar-refractivity contribution in [2.45, 2.75) is 66.0 Å². The summed E-state index contributed by atoms with van der Waals surface area (Å²) in [6.45, 7) is 10.0. The maximum atomic E-state index is 12.5. The Morgan fingerprint density at radius 1 is 1.00 bits per heavy atom. The van der Waals surface area contributed by atoms with Crippen LogP contribution in [0.2, 0.25) is 0 Å². The molecule has 0 fully saturated rings. The molecule has 140 valence electrons. The van der Waals surface area contributed by atoms with E-state index in [1.54, 1.807) is 13.8 Å². The Morgan fingerprint density at radius 3 is 1.88 bits per heavy atom. The zero-order valence-corrected chi connectivity index (χ0v) is 17.6. The molecular formula is C22H36O2P+. The van der Waals surface area contributed by atoms with Crippen molar-refractivity contribution in [3.63, 3.8) is 0 Å². The van der Waals surface area contributed by atoms with Crippen molar-refractivity contribution in [2.75, 3.05) is 18.5 Å². The Balaban J connectivity index is 3.58. The maximum Gasteiger partial charge on any atom is 0.163 e. The molecule has 0 aliphatic carbocycles. The van der Waals surface area contributed by atoms with Crippen LogP contribution in [0.5, 0.6) is 0 Å². The molecule has 0 saturated carbocycles. The van der Waals surface area contributed by atoms with Gasteiger partial charge in [-0.3, -0.25) is 4.79 Å². The van der Waals surface area contributed by atoms with Crippen LogP contribution in [0.4, 0.5) is 0 Å². The molecule has 0 aliphatic rings. The average Bonchev–Trinajstić information content (AvgIpc) is 2.60. The number of carbonyl (C=O) groups is 1. The molecule has 0 aliphatic heterocycles. The molecular weight excluding hydrogens is 327 g/mol. The second kappa shape index (κ2) is 10.8. The van der Waals surface area contributed by atoms with Gasteiger partial charge in [0.1, 0.15) is 11.4 Å². The number of benzene rings is 1. The summed E-state index contributed by atoms with van der Waals surface area (Å²) in [6, 6.07) is 10.4. The van der Waals surface area contributed by atoms with Crippen molar-refractivity contribution in [1.29, 1.82) is 0 Å². The standard InChI is InChI=1S/C22H35O2P/c1-6-9-16-25(8-3,17-10-7-2)22(20-14-12-11-13-15-20)21(18(4)23)19(5)24/h11-15,22H,6-10,16-17H2,1-5H3/p+1. The van der Waals surface area contributed by atoms with Crippen molar-refractivity contribution in [3.8, 4) is 0 Å². The van der Waals surface area contributed by atoms with Crippen LogP contribution in [0.3, 0.4) is 0 Å². The zero-order chi connectivity index (χ0) is 18.9. The van der Waals surface area contributed by atoms with Gasteiger partial charge in [-0.05, 0) is 39.2 Å². The van der Waals surface area contributed by atoms with Gasteiger partial charge in [0.05, 0.1) is 24.1 Å². The maximum absolute atomic E-state index is 12.5. The van der Waals surface area contributed by atoms with Gasteiger partial charge < -0.3 is 5.11 Å². The lowest BCUT2D eigenvalue weighted by Gasteiger charge is -2.36. The van der Waals surface area contributed by atoms with E-state index in [1.165, 1.54) is 43.6 Å². The molecule has 0 aromatic heterocycles. The van der Waals surface area contributed by atoms with Crippen molar-refractivity contribution in [3.05, 3.63) is 47.2 Å². The predicted octanol–water partition coefficient (Wildman–Crippen LogP) is 6.79. The van der Waals surface area contributed by atoms with Gasteiger partial charge in [0, 0.05) is 7.26 Å². The Morgan fingerprint density at radius 2 is 1.52 bits per heavy atom. The van der Waals surface area contributed by atoms with Crippen LogP contribution in [0.1, 0.15) is 71.5 Å². The van der Waals surface area contributed by atoms with Gasteiger partial charge in [0.15, 0.2) is 5.78 Å². The van der Waals surface area contributed by atoms with Crippen LogP contribution >= 0.6 is 7.26 Å². The Kier molecular flexibility index (Phi) is 9.43. The number of aliphatic hydroxyl groups excluding tert-OH is 1. The number of aliphatic hydroxyl groups is 1. The molecule has 1 atom stereocenters. The number of ketones is 1. The van der Waals surface area contributed by atoms with Crippen molar-refractivity contribution >= 4 is 13.0 Å². The number of unbranched alkanes of at least 4 members (excludes halogenated alkanes) is 2. The summed E-state index contributed by atoms with van der Waals surface area (Å²) in [5.74, 6) is 0.215. The largest absolute Gasteiger partial charge is 0.512 e. The number of hydrogen-bond donors (Lipinski definition) is 1. The first-order chi connectivity index (χ1) is 11.9. The minimum absolute atomic E-state index is 0.0136. The normalized spacial score (nSPS) is 14.1. The smallest absolute Gasteiger partial charge is 0.163 e. The van der Waals surface area contributed by atoms with Crippen LogP contribution in [0, 0.1) is 0 Å². The number of carbonyl (C=O) groups excluding carboxylic acids is 1. The molecule has 3 heteroatoms. The Hall–Kier alpha value is -1.14. The monoisotopic (exact) mass is 363 g/mol. The summed E-state index contributed by atoms with van der Waals surface area (Å²) >= 11 is 0. The van der Waals surface area contributed by atoms with E-state index in [2.05, 4.69) is 45.0 Å². The van der Waals surface area contributed by atoms with E-state index < -0.39 is 7.26 Å². The van der Waals surface area contributed by atoms with Gasteiger partial charge in [0.2, 0.25) is 0 Å². The lowest BCUT2D eigenvalue weighted by molar-refractivity contribution is -0.113. The van der Waals surface area contributed by atoms with E-state index in [-0.39, 0.29) is 17.2 Å². The van der Waals surface area contributed by atoms with Crippen LogP contribution in [0.15, 0.2) is 41.7 Å². The fourth-order valence-corrected chi connectivity index (χ4v) is 9.20. The van der Waals surface area contributed by atoms with Gasteiger partial charge in [-0.15, -0.1) is 0 Å². The van der Waals surface area contributed by atoms with Gasteiger partial charge in [-0.1, -0.05) is 57.0 Å². The number of Topliss-reactive ketones (excluding diaryl/α,β-unsaturated/α-hetero) is 1. The summed E-state index contributed by atoms with van der Waals surface area (Å²) in [6.07, 6.45) is 8.26. The quantitative estimate of drug-likeness (QED) is 0.267. The number of rotatable bonds is 11. The first-order valence-corrected chi connectivity index (χ1v) is 12.2. The summed E-state index contributed by atoms with van der Waals surface area (Å²) in [4.78, 5) is 12.5. The van der Waals surface area contributed by atoms with Gasteiger partial charge in [-0.2, -0.15) is 0 Å². The minimum atomic E-state index is -1.44. The molecule has 0 spiro atoms. The van der Waals surface area contributed by atoms with Gasteiger partial charge in [0.25, 0.3) is 0 Å². The van der Waals surface area contributed by atoms with E-state index in [0.717, 1.165) is 6.16 Å². The molecule has 25 heavy (non-hydrogen) atoms. The Bertz CT molecular complexity index is 551. The highest BCUT2D eigenvalue weighted by atomic mass is 31.2. The number of allylic oxidation sites excluding steroid dienone is 2. The first kappa shape index (κ1) is 21.9. The topological polar surface area (TPSA) is 37.3 Å². The minimum Gasteiger partial charge on any atom is -0.512 e. The lowest BCUT2D eigenvalue weighted by atomic mass is 10.0. The molecule has 0 saturated heterocycles. The van der Waals surface area contributed by atoms with Gasteiger partial charge in [-0.25, -0.2) is 0 Å². The molecule has 0 amide bonds. The molecule has 0 bridgehead atoms. The second-order valence-electron chi connectivity index (χ2n) is 7.06. The first-order valence-electron chi connectivity index (χ1n) is 9.74. The molecule has 0 heterocycles. The fourth-order valence-electron chi connectivity index (χ4n) is 3.85. The average molecular weight is 364 g/mol. The van der Waals surface area contributed by atoms with Crippen LogP contribution in [0.25, 0.3) is 0 Å². The molecule has 0 radical (unpaired) electrons. The summed E-state index contributed by atoms with van der Waals surface area (Å²) in [7, 11) is -1.44. The van der Waals surface area contributed by atoms with Crippen LogP contribution in [-0.2, 0) is 4.79 Å². The molecule has 1 rings (SSSR count). The molecule has 1 aromatic rings. The third-order valence-corrected chi connectivity index (χ3v) is 10.6. The van der Waals surface area contributed by atoms with Crippen molar-refractivity contribution in [2.24, 2.45) is 0 Å². The van der Waals surface area contributed by atoms with E-state index in [4.69, 9.17) is 0 Å². The van der Waals surface area contributed by atoms with Crippen molar-refractivity contribution in [1.82, 2.24) is 0 Å². The highest BCUT2D eigenvalue weighted by Crippen LogP contribution is 2.72. The lowest BCUT2D eigenvalue weighted by Crippen LogP contribution is -2.21. The fraction of sp³-hybridized carbons (Fsp3) is 0.591. The van der Waals surface area contributed by atoms with Crippen LogP contribution in [-0.4, -0.2) is 29.4 Å². The van der Waals surface area contributed by atoms with Crippen molar-refractivity contribution < 1.29 is 9.90 Å². The number of hydrogen-bond acceptors (Lipinski definition) is 2. The molecule has 1 N–H and O–H groups in total. The molecule has 2 nitrogen and oxygen atoms in total. The molecule has 1 aromatic carbocycles. The third-order valence-electron chi connectivity index (χ3n) is 5.25. The zero-order valence-electron chi connectivity index (χ0n) is 16.7. The van der Waals surface area contributed by atoms with E-state index in [0.29, 0.717) is 5.57 Å². The summed E-state index contributed by atoms with van der Waals surface area (Å²) in [5.41, 5.74) is 1.91.